The first-order valence-corrected chi connectivity index (χ1v) is 9.67. The lowest BCUT2D eigenvalue weighted by atomic mass is 10.1. The fourth-order valence-electron chi connectivity index (χ4n) is 2.91. The fraction of sp³-hybridized carbons (Fsp3) is 0. The Morgan fingerprint density at radius 1 is 0.714 bits per heavy atom. The maximum absolute atomic E-state index is 5.99. The van der Waals surface area contributed by atoms with Gasteiger partial charge >= 0.3 is 0 Å². The van der Waals surface area contributed by atoms with E-state index in [2.05, 4.69) is 52.3 Å². The molecule has 0 fully saturated rings. The molecule has 0 aliphatic heterocycles. The van der Waals surface area contributed by atoms with Crippen molar-refractivity contribution in [2.75, 3.05) is 0 Å². The van der Waals surface area contributed by atoms with Gasteiger partial charge in [0.25, 0.3) is 0 Å². The monoisotopic (exact) mass is 384 g/mol. The Balaban J connectivity index is 2.07. The number of rotatable bonds is 0. The molecule has 5 aromatic rings. The SMILES string of the molecule is [B]c1cc2c(ccc3c4ccc5sc(Br)cc5c4sc23)s1. The molecule has 2 radical (unpaired) electrons. The van der Waals surface area contributed by atoms with Crippen molar-refractivity contribution in [1.82, 2.24) is 0 Å². The molecule has 5 rings (SSSR count). The molecule has 0 bridgehead atoms. The first-order valence-electron chi connectivity index (χ1n) is 6.43. The molecule has 0 N–H and O–H groups in total. The van der Waals surface area contributed by atoms with Crippen LogP contribution in [0.2, 0.25) is 0 Å². The molecular weight excluding hydrogens is 379 g/mol. The molecule has 5 heteroatoms. The second-order valence-electron chi connectivity index (χ2n) is 5.01. The summed E-state index contributed by atoms with van der Waals surface area (Å²) in [7, 11) is 5.99. The lowest BCUT2D eigenvalue weighted by Gasteiger charge is -1.93. The van der Waals surface area contributed by atoms with Crippen LogP contribution in [-0.4, -0.2) is 7.85 Å². The van der Waals surface area contributed by atoms with Gasteiger partial charge in [-0.1, -0.05) is 12.1 Å². The number of benzene rings is 2. The molecule has 21 heavy (non-hydrogen) atoms. The van der Waals surface area contributed by atoms with Crippen LogP contribution in [0.4, 0.5) is 0 Å². The first kappa shape index (κ1) is 12.6. The largest absolute Gasteiger partial charge is 0.152 e. The van der Waals surface area contributed by atoms with Crippen molar-refractivity contribution in [3.05, 3.63) is 40.2 Å². The van der Waals surface area contributed by atoms with E-state index >= 15 is 0 Å². The predicted octanol–water partition coefficient (Wildman–Crippen LogP) is 6.04. The Bertz CT molecular complexity index is 1070. The van der Waals surface area contributed by atoms with Gasteiger partial charge in [-0.25, -0.2) is 0 Å². The van der Waals surface area contributed by atoms with E-state index in [0.29, 0.717) is 0 Å². The second kappa shape index (κ2) is 4.32. The van der Waals surface area contributed by atoms with Crippen LogP contribution < -0.4 is 4.78 Å². The van der Waals surface area contributed by atoms with Gasteiger partial charge in [0.15, 0.2) is 0 Å². The fourth-order valence-corrected chi connectivity index (χ4v) is 6.76. The molecule has 0 aliphatic carbocycles. The minimum atomic E-state index is 0.887. The lowest BCUT2D eigenvalue weighted by molar-refractivity contribution is 1.99. The van der Waals surface area contributed by atoms with E-state index in [-0.39, 0.29) is 0 Å². The van der Waals surface area contributed by atoms with Gasteiger partial charge in [-0.15, -0.1) is 22.7 Å². The van der Waals surface area contributed by atoms with Crippen LogP contribution in [0.5, 0.6) is 0 Å². The summed E-state index contributed by atoms with van der Waals surface area (Å²) >= 11 is 8.94. The summed E-state index contributed by atoms with van der Waals surface area (Å²) in [6.45, 7) is 0. The standard InChI is InChI=1S/C16H6BBrS3/c17-13-5-9-11(19-13)3-1-7-8-2-4-12-10(6-14(18)20-12)16(8)21-15(7)9/h1-6H. The molecule has 0 amide bonds. The third kappa shape index (κ3) is 1.72. The molecule has 3 heterocycles. The van der Waals surface area contributed by atoms with E-state index < -0.39 is 0 Å². The quantitative estimate of drug-likeness (QED) is 0.285. The minimum Gasteiger partial charge on any atom is -0.152 e. The lowest BCUT2D eigenvalue weighted by Crippen LogP contribution is -1.88. The van der Waals surface area contributed by atoms with Crippen LogP contribution in [0, 0.1) is 0 Å². The normalized spacial score (nSPS) is 12.2. The number of thiophene rings is 3. The smallest absolute Gasteiger partial charge is 0.128 e. The van der Waals surface area contributed by atoms with Gasteiger partial charge in [0.2, 0.25) is 0 Å². The molecule has 0 saturated heterocycles. The average Bonchev–Trinajstić information content (AvgIpc) is 3.09. The molecule has 0 spiro atoms. The zero-order valence-corrected chi connectivity index (χ0v) is 14.7. The maximum atomic E-state index is 5.99. The molecule has 2 aromatic carbocycles. The summed E-state index contributed by atoms with van der Waals surface area (Å²) in [6.07, 6.45) is 0. The molecule has 0 aliphatic rings. The molecular formula is C16H6BBrS3. The zero-order chi connectivity index (χ0) is 14.1. The minimum absolute atomic E-state index is 0.887. The van der Waals surface area contributed by atoms with Gasteiger partial charge in [-0.2, -0.15) is 11.3 Å². The number of fused-ring (bicyclic) bond motifs is 7. The van der Waals surface area contributed by atoms with Gasteiger partial charge in [0.1, 0.15) is 7.85 Å². The topological polar surface area (TPSA) is 0 Å². The summed E-state index contributed by atoms with van der Waals surface area (Å²) in [6, 6.07) is 13.3. The highest BCUT2D eigenvalue weighted by Crippen LogP contribution is 2.44. The van der Waals surface area contributed by atoms with Crippen molar-refractivity contribution in [3.63, 3.8) is 0 Å². The summed E-state index contributed by atoms with van der Waals surface area (Å²) in [5, 5.41) is 5.32. The summed E-state index contributed by atoms with van der Waals surface area (Å²) in [4.78, 5) is 0. The summed E-state index contributed by atoms with van der Waals surface area (Å²) in [5.74, 6) is 0. The second-order valence-corrected chi connectivity index (χ2v) is 9.61. The Labute approximate surface area is 142 Å². The highest BCUT2D eigenvalue weighted by molar-refractivity contribution is 9.11. The van der Waals surface area contributed by atoms with Crippen LogP contribution >= 0.6 is 49.9 Å². The maximum Gasteiger partial charge on any atom is 0.128 e. The van der Waals surface area contributed by atoms with Gasteiger partial charge in [0.05, 0.1) is 3.79 Å². The van der Waals surface area contributed by atoms with E-state index in [1.807, 2.05) is 11.3 Å². The van der Waals surface area contributed by atoms with Gasteiger partial charge in [-0.05, 0) is 45.0 Å². The highest BCUT2D eigenvalue weighted by atomic mass is 79.9. The number of hydrogen-bond acceptors (Lipinski definition) is 3. The van der Waals surface area contributed by atoms with E-state index in [1.165, 1.54) is 44.1 Å². The third-order valence-corrected chi connectivity index (χ3v) is 7.61. The number of hydrogen-bond donors (Lipinski definition) is 0. The van der Waals surface area contributed by atoms with Crippen LogP contribution in [-0.2, 0) is 0 Å². The third-order valence-electron chi connectivity index (χ3n) is 3.79. The molecule has 98 valence electrons. The van der Waals surface area contributed by atoms with E-state index in [4.69, 9.17) is 7.85 Å². The molecule has 0 unspecified atom stereocenters. The zero-order valence-electron chi connectivity index (χ0n) is 10.6. The molecule has 0 saturated carbocycles. The molecule has 0 atom stereocenters. The van der Waals surface area contributed by atoms with Crippen LogP contribution in [0.3, 0.4) is 0 Å². The van der Waals surface area contributed by atoms with Crippen molar-refractivity contribution in [2.24, 2.45) is 0 Å². The van der Waals surface area contributed by atoms with Crippen molar-refractivity contribution >= 4 is 103 Å². The molecule has 3 aromatic heterocycles. The van der Waals surface area contributed by atoms with Gasteiger partial charge in [0, 0.05) is 40.3 Å². The van der Waals surface area contributed by atoms with E-state index in [0.717, 1.165) is 4.78 Å². The van der Waals surface area contributed by atoms with Gasteiger partial charge < -0.3 is 0 Å². The Morgan fingerprint density at radius 2 is 1.33 bits per heavy atom. The van der Waals surface area contributed by atoms with Crippen LogP contribution in [0.1, 0.15) is 0 Å². The molecule has 0 nitrogen and oxygen atoms in total. The first-order chi connectivity index (χ1) is 10.2. The Hall–Kier alpha value is -0.875. The summed E-state index contributed by atoms with van der Waals surface area (Å²) < 4.78 is 7.41. The van der Waals surface area contributed by atoms with Crippen molar-refractivity contribution in [2.45, 2.75) is 0 Å². The van der Waals surface area contributed by atoms with E-state index in [1.54, 1.807) is 22.7 Å². The van der Waals surface area contributed by atoms with Crippen LogP contribution in [0.25, 0.3) is 40.3 Å². The van der Waals surface area contributed by atoms with Crippen LogP contribution in [0.15, 0.2) is 40.2 Å². The Morgan fingerprint density at radius 3 is 2.05 bits per heavy atom. The predicted molar refractivity (Wildman–Crippen MR) is 103 cm³/mol. The van der Waals surface area contributed by atoms with Crippen molar-refractivity contribution < 1.29 is 0 Å². The number of halogens is 1. The van der Waals surface area contributed by atoms with Crippen molar-refractivity contribution in [1.29, 1.82) is 0 Å². The summed E-state index contributed by atoms with van der Waals surface area (Å²) in [5.41, 5.74) is 0. The Kier molecular flexibility index (Phi) is 2.60. The van der Waals surface area contributed by atoms with E-state index in [9.17, 15) is 0 Å². The highest BCUT2D eigenvalue weighted by Gasteiger charge is 2.13. The van der Waals surface area contributed by atoms with Gasteiger partial charge in [-0.3, -0.25) is 0 Å². The van der Waals surface area contributed by atoms with Crippen molar-refractivity contribution in [3.8, 4) is 0 Å². The average molecular weight is 385 g/mol.